The van der Waals surface area contributed by atoms with Gasteiger partial charge in [0.1, 0.15) is 5.69 Å². The molecule has 0 bridgehead atoms. The molecule has 2 heterocycles. The Morgan fingerprint density at radius 1 is 1.12 bits per heavy atom. The van der Waals surface area contributed by atoms with Crippen molar-refractivity contribution in [2.75, 3.05) is 6.79 Å². The van der Waals surface area contributed by atoms with Crippen molar-refractivity contribution in [2.24, 2.45) is 0 Å². The molecule has 2 aromatic carbocycles. The van der Waals surface area contributed by atoms with E-state index < -0.39 is 0 Å². The lowest BCUT2D eigenvalue weighted by Gasteiger charge is -2.14. The van der Waals surface area contributed by atoms with Crippen LogP contribution in [0.5, 0.6) is 11.5 Å². The van der Waals surface area contributed by atoms with E-state index in [9.17, 15) is 4.79 Å². The van der Waals surface area contributed by atoms with Crippen LogP contribution < -0.4 is 14.8 Å². The number of aromatic nitrogens is 2. The molecule has 1 N–H and O–H groups in total. The van der Waals surface area contributed by atoms with E-state index >= 15 is 0 Å². The molecular weight excluding hydrogens is 306 g/mol. The maximum Gasteiger partial charge on any atom is 0.271 e. The molecule has 0 saturated carbocycles. The van der Waals surface area contributed by atoms with Gasteiger partial charge in [-0.3, -0.25) is 9.78 Å². The quantitative estimate of drug-likeness (QED) is 0.803. The molecule has 0 spiro atoms. The summed E-state index contributed by atoms with van der Waals surface area (Å²) in [6.45, 7) is 2.14. The van der Waals surface area contributed by atoms with Crippen LogP contribution in [0.4, 0.5) is 0 Å². The Morgan fingerprint density at radius 3 is 2.79 bits per heavy atom. The second-order valence-corrected chi connectivity index (χ2v) is 5.55. The Hall–Kier alpha value is -3.15. The largest absolute Gasteiger partial charge is 0.454 e. The fourth-order valence-corrected chi connectivity index (χ4v) is 2.60. The molecule has 0 saturated heterocycles. The summed E-state index contributed by atoms with van der Waals surface area (Å²) in [5.74, 6) is 1.15. The Balaban J connectivity index is 1.54. The number of benzene rings is 2. The van der Waals surface area contributed by atoms with Gasteiger partial charge in [-0.1, -0.05) is 18.2 Å². The molecule has 1 unspecified atom stereocenters. The summed E-state index contributed by atoms with van der Waals surface area (Å²) in [6, 6.07) is 12.9. The number of nitrogens with zero attached hydrogens (tertiary/aromatic N) is 2. The van der Waals surface area contributed by atoms with Crippen LogP contribution in [0.25, 0.3) is 11.0 Å². The number of amides is 1. The zero-order valence-corrected chi connectivity index (χ0v) is 13.0. The molecule has 1 atom stereocenters. The SMILES string of the molecule is CC(NC(=O)c1cnc2ccccc2n1)c1ccc2c(c1)OCO2. The molecular formula is C18H15N3O3. The van der Waals surface area contributed by atoms with Crippen molar-refractivity contribution in [3.63, 3.8) is 0 Å². The lowest BCUT2D eigenvalue weighted by atomic mass is 10.1. The predicted octanol–water partition coefficient (Wildman–Crippen LogP) is 2.85. The van der Waals surface area contributed by atoms with Gasteiger partial charge < -0.3 is 14.8 Å². The topological polar surface area (TPSA) is 73.3 Å². The number of hydrogen-bond acceptors (Lipinski definition) is 5. The molecule has 120 valence electrons. The van der Waals surface area contributed by atoms with E-state index in [1.54, 1.807) is 0 Å². The van der Waals surface area contributed by atoms with Crippen LogP contribution in [-0.2, 0) is 0 Å². The van der Waals surface area contributed by atoms with Crippen LogP contribution in [-0.4, -0.2) is 22.7 Å². The lowest BCUT2D eigenvalue weighted by molar-refractivity contribution is 0.0934. The summed E-state index contributed by atoms with van der Waals surface area (Å²) in [6.07, 6.45) is 1.49. The average Bonchev–Trinajstić information content (AvgIpc) is 3.08. The van der Waals surface area contributed by atoms with Crippen LogP contribution in [0.1, 0.15) is 29.0 Å². The van der Waals surface area contributed by atoms with Gasteiger partial charge in [0.05, 0.1) is 23.3 Å². The van der Waals surface area contributed by atoms with E-state index in [-0.39, 0.29) is 18.7 Å². The summed E-state index contributed by atoms with van der Waals surface area (Å²) < 4.78 is 10.7. The van der Waals surface area contributed by atoms with Crippen molar-refractivity contribution in [3.8, 4) is 11.5 Å². The lowest BCUT2D eigenvalue weighted by Crippen LogP contribution is -2.27. The highest BCUT2D eigenvalue weighted by atomic mass is 16.7. The Morgan fingerprint density at radius 2 is 1.92 bits per heavy atom. The number of rotatable bonds is 3. The van der Waals surface area contributed by atoms with Crippen molar-refractivity contribution < 1.29 is 14.3 Å². The first-order valence-corrected chi connectivity index (χ1v) is 7.63. The molecule has 1 amide bonds. The Kier molecular flexibility index (Phi) is 3.49. The summed E-state index contributed by atoms with van der Waals surface area (Å²) in [7, 11) is 0. The fraction of sp³-hybridized carbons (Fsp3) is 0.167. The minimum Gasteiger partial charge on any atom is -0.454 e. The van der Waals surface area contributed by atoms with Gasteiger partial charge in [-0.2, -0.15) is 0 Å². The van der Waals surface area contributed by atoms with Crippen molar-refractivity contribution in [1.29, 1.82) is 0 Å². The molecule has 1 aliphatic heterocycles. The molecule has 6 nitrogen and oxygen atoms in total. The third-order valence-corrected chi connectivity index (χ3v) is 3.93. The van der Waals surface area contributed by atoms with Gasteiger partial charge in [0, 0.05) is 0 Å². The maximum absolute atomic E-state index is 12.4. The van der Waals surface area contributed by atoms with E-state index in [1.807, 2.05) is 49.4 Å². The van der Waals surface area contributed by atoms with Crippen molar-refractivity contribution >= 4 is 16.9 Å². The van der Waals surface area contributed by atoms with Gasteiger partial charge in [-0.05, 0) is 36.8 Å². The predicted molar refractivity (Wildman–Crippen MR) is 88.0 cm³/mol. The van der Waals surface area contributed by atoms with Gasteiger partial charge in [-0.25, -0.2) is 4.98 Å². The number of ether oxygens (including phenoxy) is 2. The van der Waals surface area contributed by atoms with Crippen molar-refractivity contribution in [3.05, 3.63) is 59.9 Å². The zero-order valence-electron chi connectivity index (χ0n) is 13.0. The van der Waals surface area contributed by atoms with Gasteiger partial charge in [-0.15, -0.1) is 0 Å². The standard InChI is InChI=1S/C18H15N3O3/c1-11(12-6-7-16-17(8-12)24-10-23-16)20-18(22)15-9-19-13-4-2-3-5-14(13)21-15/h2-9,11H,10H2,1H3,(H,20,22). The van der Waals surface area contributed by atoms with Crippen LogP contribution in [0.2, 0.25) is 0 Å². The zero-order chi connectivity index (χ0) is 16.5. The monoisotopic (exact) mass is 321 g/mol. The second-order valence-electron chi connectivity index (χ2n) is 5.55. The maximum atomic E-state index is 12.4. The smallest absolute Gasteiger partial charge is 0.271 e. The fourth-order valence-electron chi connectivity index (χ4n) is 2.60. The Bertz CT molecular complexity index is 926. The molecule has 1 aliphatic rings. The normalized spacial score (nSPS) is 13.7. The Labute approximate surface area is 138 Å². The average molecular weight is 321 g/mol. The van der Waals surface area contributed by atoms with E-state index in [0.717, 1.165) is 16.8 Å². The molecule has 0 fully saturated rings. The summed E-state index contributed by atoms with van der Waals surface area (Å²) in [5.41, 5.74) is 2.68. The van der Waals surface area contributed by atoms with Gasteiger partial charge in [0.25, 0.3) is 5.91 Å². The number of fused-ring (bicyclic) bond motifs is 2. The van der Waals surface area contributed by atoms with Crippen molar-refractivity contribution in [2.45, 2.75) is 13.0 Å². The van der Waals surface area contributed by atoms with E-state index in [2.05, 4.69) is 15.3 Å². The van der Waals surface area contributed by atoms with Gasteiger partial charge in [0.2, 0.25) is 6.79 Å². The van der Waals surface area contributed by atoms with Crippen LogP contribution >= 0.6 is 0 Å². The molecule has 1 aromatic heterocycles. The first kappa shape index (κ1) is 14.4. The third-order valence-electron chi connectivity index (χ3n) is 3.93. The molecule has 0 aliphatic carbocycles. The van der Waals surface area contributed by atoms with Crippen molar-refractivity contribution in [1.82, 2.24) is 15.3 Å². The van der Waals surface area contributed by atoms with Crippen LogP contribution in [0.3, 0.4) is 0 Å². The van der Waals surface area contributed by atoms with Gasteiger partial charge >= 0.3 is 0 Å². The number of para-hydroxylation sites is 2. The van der Waals surface area contributed by atoms with E-state index in [0.29, 0.717) is 17.0 Å². The van der Waals surface area contributed by atoms with Crippen LogP contribution in [0.15, 0.2) is 48.7 Å². The minimum atomic E-state index is -0.265. The number of carbonyl (C=O) groups excluding carboxylic acids is 1. The number of nitrogens with one attached hydrogen (secondary N) is 1. The highest BCUT2D eigenvalue weighted by molar-refractivity contribution is 5.94. The molecule has 6 heteroatoms. The molecule has 3 aromatic rings. The van der Waals surface area contributed by atoms with E-state index in [4.69, 9.17) is 9.47 Å². The number of carbonyl (C=O) groups is 1. The summed E-state index contributed by atoms with van der Waals surface area (Å²) in [4.78, 5) is 21.1. The first-order valence-electron chi connectivity index (χ1n) is 7.63. The van der Waals surface area contributed by atoms with Gasteiger partial charge in [0.15, 0.2) is 11.5 Å². The first-order chi connectivity index (χ1) is 11.7. The number of hydrogen-bond donors (Lipinski definition) is 1. The minimum absolute atomic E-state index is 0.194. The second kappa shape index (κ2) is 5.81. The summed E-state index contributed by atoms with van der Waals surface area (Å²) in [5, 5.41) is 2.93. The highest BCUT2D eigenvalue weighted by Crippen LogP contribution is 2.34. The third kappa shape index (κ3) is 2.62. The molecule has 4 rings (SSSR count). The van der Waals surface area contributed by atoms with Crippen LogP contribution in [0, 0.1) is 0 Å². The molecule has 0 radical (unpaired) electrons. The summed E-state index contributed by atoms with van der Waals surface area (Å²) >= 11 is 0. The highest BCUT2D eigenvalue weighted by Gasteiger charge is 2.18. The van der Waals surface area contributed by atoms with E-state index in [1.165, 1.54) is 6.20 Å². The molecule has 24 heavy (non-hydrogen) atoms.